The fourth-order valence-corrected chi connectivity index (χ4v) is 3.22. The number of imidazole rings is 1. The zero-order chi connectivity index (χ0) is 16.9. The summed E-state index contributed by atoms with van der Waals surface area (Å²) in [5.41, 5.74) is 0. The molecule has 0 spiro atoms. The van der Waals surface area contributed by atoms with Crippen LogP contribution < -0.4 is 5.32 Å². The van der Waals surface area contributed by atoms with Crippen LogP contribution in [0.4, 0.5) is 0 Å². The Morgan fingerprint density at radius 2 is 2.33 bits per heavy atom. The molecule has 8 heteroatoms. The molecule has 0 bridgehead atoms. The molecule has 2 aromatic heterocycles. The summed E-state index contributed by atoms with van der Waals surface area (Å²) in [7, 11) is 1.55. The van der Waals surface area contributed by atoms with Crippen LogP contribution in [0.3, 0.4) is 0 Å². The Hall–Kier alpha value is -2.22. The molecule has 24 heavy (non-hydrogen) atoms. The number of nitrogens with one attached hydrogen (secondary N) is 1. The fourth-order valence-electron chi connectivity index (χ4n) is 3.22. The summed E-state index contributed by atoms with van der Waals surface area (Å²) in [6.07, 6.45) is 8.52. The van der Waals surface area contributed by atoms with E-state index in [9.17, 15) is 4.79 Å². The number of amides is 1. The highest BCUT2D eigenvalue weighted by molar-refractivity contribution is 5.89. The number of likely N-dealkylation sites (tertiary alicyclic amines) is 1. The molecule has 130 valence electrons. The van der Waals surface area contributed by atoms with Gasteiger partial charge in [0.05, 0.1) is 6.54 Å². The predicted molar refractivity (Wildman–Crippen MR) is 87.3 cm³/mol. The van der Waals surface area contributed by atoms with Gasteiger partial charge in [-0.25, -0.2) is 4.98 Å². The summed E-state index contributed by atoms with van der Waals surface area (Å²) in [4.78, 5) is 22.4. The van der Waals surface area contributed by atoms with E-state index in [1.165, 1.54) is 19.3 Å². The molecule has 1 amide bonds. The van der Waals surface area contributed by atoms with Crippen molar-refractivity contribution in [3.8, 4) is 0 Å². The van der Waals surface area contributed by atoms with Gasteiger partial charge in [0.15, 0.2) is 0 Å². The molecule has 2 aromatic rings. The van der Waals surface area contributed by atoms with Crippen LogP contribution in [-0.4, -0.2) is 50.1 Å². The molecule has 0 radical (unpaired) electrons. The van der Waals surface area contributed by atoms with E-state index in [-0.39, 0.29) is 11.7 Å². The van der Waals surface area contributed by atoms with Gasteiger partial charge in [-0.05, 0) is 32.7 Å². The van der Waals surface area contributed by atoms with Crippen molar-refractivity contribution < 1.29 is 9.32 Å². The molecule has 0 aliphatic carbocycles. The highest BCUT2D eigenvalue weighted by atomic mass is 16.5. The maximum atomic E-state index is 11.5. The van der Waals surface area contributed by atoms with Crippen molar-refractivity contribution in [2.24, 2.45) is 0 Å². The summed E-state index contributed by atoms with van der Waals surface area (Å²) < 4.78 is 7.41. The van der Waals surface area contributed by atoms with Crippen LogP contribution in [0.2, 0.25) is 0 Å². The number of hydrogen-bond donors (Lipinski definition) is 1. The Kier molecular flexibility index (Phi) is 5.24. The van der Waals surface area contributed by atoms with Gasteiger partial charge in [-0.1, -0.05) is 11.6 Å². The van der Waals surface area contributed by atoms with Gasteiger partial charge in [-0.3, -0.25) is 9.69 Å². The van der Waals surface area contributed by atoms with Gasteiger partial charge < -0.3 is 14.4 Å². The maximum Gasteiger partial charge on any atom is 0.292 e. The predicted octanol–water partition coefficient (Wildman–Crippen LogP) is 1.38. The van der Waals surface area contributed by atoms with E-state index in [1.54, 1.807) is 7.05 Å². The van der Waals surface area contributed by atoms with Crippen LogP contribution in [-0.2, 0) is 13.1 Å². The van der Waals surface area contributed by atoms with E-state index >= 15 is 0 Å². The number of carbonyl (C=O) groups excluding carboxylic acids is 1. The smallest absolute Gasteiger partial charge is 0.292 e. The van der Waals surface area contributed by atoms with E-state index in [0.717, 1.165) is 25.3 Å². The molecule has 1 N–H and O–H groups in total. The van der Waals surface area contributed by atoms with Gasteiger partial charge >= 0.3 is 0 Å². The normalized spacial score (nSPS) is 18.7. The maximum absolute atomic E-state index is 11.5. The van der Waals surface area contributed by atoms with Crippen LogP contribution >= 0.6 is 0 Å². The summed E-state index contributed by atoms with van der Waals surface area (Å²) in [5, 5.41) is 6.24. The van der Waals surface area contributed by atoms with E-state index < -0.39 is 0 Å². The Labute approximate surface area is 141 Å². The third-order valence-corrected chi connectivity index (χ3v) is 4.61. The minimum absolute atomic E-state index is 0.0927. The van der Waals surface area contributed by atoms with Crippen molar-refractivity contribution in [1.29, 1.82) is 0 Å². The summed E-state index contributed by atoms with van der Waals surface area (Å²) >= 11 is 0. The molecule has 1 atom stereocenters. The van der Waals surface area contributed by atoms with Gasteiger partial charge in [0, 0.05) is 32.0 Å². The molecule has 0 saturated carbocycles. The average Bonchev–Trinajstić information content (AvgIpc) is 3.22. The quantitative estimate of drug-likeness (QED) is 0.859. The highest BCUT2D eigenvalue weighted by Gasteiger charge is 2.25. The first kappa shape index (κ1) is 16.6. The molecular weight excluding hydrogens is 308 g/mol. The van der Waals surface area contributed by atoms with Crippen molar-refractivity contribution in [2.75, 3.05) is 13.6 Å². The summed E-state index contributed by atoms with van der Waals surface area (Å²) in [5.74, 6) is 1.31. The molecule has 1 fully saturated rings. The van der Waals surface area contributed by atoms with Gasteiger partial charge in [-0.2, -0.15) is 4.98 Å². The monoisotopic (exact) mass is 332 g/mol. The lowest BCUT2D eigenvalue weighted by molar-refractivity contribution is 0.0949. The number of piperidine rings is 1. The van der Waals surface area contributed by atoms with Crippen LogP contribution in [0.5, 0.6) is 0 Å². The molecule has 3 rings (SSSR count). The second-order valence-electron chi connectivity index (χ2n) is 6.17. The molecular formula is C16H24N6O2. The molecule has 1 aliphatic rings. The Balaban J connectivity index is 1.60. The minimum Gasteiger partial charge on any atom is -0.352 e. The van der Waals surface area contributed by atoms with Crippen LogP contribution in [0, 0.1) is 6.92 Å². The molecule has 8 nitrogen and oxygen atoms in total. The second-order valence-corrected chi connectivity index (χ2v) is 6.17. The molecule has 3 heterocycles. The zero-order valence-electron chi connectivity index (χ0n) is 14.2. The second kappa shape index (κ2) is 7.57. The Morgan fingerprint density at radius 3 is 3.08 bits per heavy atom. The van der Waals surface area contributed by atoms with Gasteiger partial charge in [0.2, 0.25) is 5.89 Å². The zero-order valence-corrected chi connectivity index (χ0v) is 14.2. The number of carbonyl (C=O) groups is 1. The highest BCUT2D eigenvalue weighted by Crippen LogP contribution is 2.22. The van der Waals surface area contributed by atoms with Crippen molar-refractivity contribution in [2.45, 2.75) is 51.7 Å². The topological polar surface area (TPSA) is 89.1 Å². The lowest BCUT2D eigenvalue weighted by Crippen LogP contribution is -2.39. The lowest BCUT2D eigenvalue weighted by Gasteiger charge is -2.34. The van der Waals surface area contributed by atoms with Crippen molar-refractivity contribution in [1.82, 2.24) is 29.9 Å². The van der Waals surface area contributed by atoms with Crippen LogP contribution in [0.25, 0.3) is 0 Å². The number of rotatable bonds is 6. The minimum atomic E-state index is -0.323. The molecule has 1 unspecified atom stereocenters. The van der Waals surface area contributed by atoms with Crippen LogP contribution in [0.1, 0.15) is 48.0 Å². The first-order chi connectivity index (χ1) is 11.7. The SMILES string of the molecule is CNC(=O)c1noc(CN2CCCCC2CCn2ccnc2C)n1. The third kappa shape index (κ3) is 3.81. The molecule has 1 aliphatic heterocycles. The first-order valence-corrected chi connectivity index (χ1v) is 8.44. The van der Waals surface area contributed by atoms with E-state index in [1.807, 2.05) is 19.3 Å². The largest absolute Gasteiger partial charge is 0.352 e. The summed E-state index contributed by atoms with van der Waals surface area (Å²) in [6.45, 7) is 4.60. The van der Waals surface area contributed by atoms with E-state index in [2.05, 4.69) is 29.9 Å². The standard InChI is InChI=1S/C16H24N6O2/c1-12-18-7-10-21(12)9-6-13-5-3-4-8-22(13)11-14-19-15(20-24-14)16(23)17-2/h7,10,13H,3-6,8-9,11H2,1-2H3,(H,17,23). The Morgan fingerprint density at radius 1 is 1.46 bits per heavy atom. The molecule has 1 saturated heterocycles. The van der Waals surface area contributed by atoms with Gasteiger partial charge in [-0.15, -0.1) is 0 Å². The Bertz CT molecular complexity index is 680. The van der Waals surface area contributed by atoms with Crippen molar-refractivity contribution >= 4 is 5.91 Å². The van der Waals surface area contributed by atoms with Crippen molar-refractivity contribution in [3.05, 3.63) is 29.9 Å². The number of aryl methyl sites for hydroxylation is 2. The number of nitrogens with zero attached hydrogens (tertiary/aromatic N) is 5. The summed E-state index contributed by atoms with van der Waals surface area (Å²) in [6, 6.07) is 0.482. The van der Waals surface area contributed by atoms with E-state index in [4.69, 9.17) is 4.52 Å². The first-order valence-electron chi connectivity index (χ1n) is 8.44. The molecule has 0 aromatic carbocycles. The van der Waals surface area contributed by atoms with Gasteiger partial charge in [0.1, 0.15) is 5.82 Å². The third-order valence-electron chi connectivity index (χ3n) is 4.61. The lowest BCUT2D eigenvalue weighted by atomic mass is 9.99. The van der Waals surface area contributed by atoms with Crippen LogP contribution in [0.15, 0.2) is 16.9 Å². The number of aromatic nitrogens is 4. The average molecular weight is 332 g/mol. The number of hydrogen-bond acceptors (Lipinski definition) is 6. The van der Waals surface area contributed by atoms with Crippen molar-refractivity contribution in [3.63, 3.8) is 0 Å². The fraction of sp³-hybridized carbons (Fsp3) is 0.625. The van der Waals surface area contributed by atoms with E-state index in [0.29, 0.717) is 18.5 Å². The van der Waals surface area contributed by atoms with Gasteiger partial charge in [0.25, 0.3) is 11.7 Å².